The maximum absolute atomic E-state index is 14.4. The van der Waals surface area contributed by atoms with Gasteiger partial charge in [-0.2, -0.15) is 15.2 Å². The number of benzene rings is 1. The molecule has 1 aromatic heterocycles. The summed E-state index contributed by atoms with van der Waals surface area (Å²) >= 11 is 0. The van der Waals surface area contributed by atoms with E-state index in [-0.39, 0.29) is 17.2 Å². The van der Waals surface area contributed by atoms with Gasteiger partial charge in [-0.1, -0.05) is 24.3 Å². The molecule has 8 nitrogen and oxygen atoms in total. The molecule has 206 valence electrons. The second kappa shape index (κ2) is 9.90. The van der Waals surface area contributed by atoms with Crippen LogP contribution in [0.25, 0.3) is 0 Å². The van der Waals surface area contributed by atoms with Crippen LogP contribution < -0.4 is 19.7 Å². The average molecular weight is 533 g/mol. The number of piperazine rings is 1. The molecular formula is C30H37FN6O2. The highest BCUT2D eigenvalue weighted by molar-refractivity contribution is 5.55. The summed E-state index contributed by atoms with van der Waals surface area (Å²) < 4.78 is 27.7. The number of nitriles is 1. The highest BCUT2D eigenvalue weighted by atomic mass is 19.1. The summed E-state index contributed by atoms with van der Waals surface area (Å²) in [6, 6.07) is 11.3. The predicted octanol–water partition coefficient (Wildman–Crippen LogP) is 3.68. The lowest BCUT2D eigenvalue weighted by molar-refractivity contribution is 0.0185. The van der Waals surface area contributed by atoms with Gasteiger partial charge < -0.3 is 19.7 Å². The number of nitrogens with one attached hydrogen (secondary N) is 1. The van der Waals surface area contributed by atoms with Gasteiger partial charge in [0.25, 0.3) is 0 Å². The number of aryl methyl sites for hydroxylation is 1. The fourth-order valence-corrected chi connectivity index (χ4v) is 7.79. The molecule has 7 rings (SSSR count). The van der Waals surface area contributed by atoms with Crippen LogP contribution in [-0.2, 0) is 18.4 Å². The number of hydrogen-bond donors (Lipinski definition) is 1. The van der Waals surface area contributed by atoms with Crippen molar-refractivity contribution in [2.24, 2.45) is 0 Å². The molecule has 3 saturated heterocycles. The molecule has 39 heavy (non-hydrogen) atoms. The minimum Gasteiger partial charge on any atom is -0.466 e. The lowest BCUT2D eigenvalue weighted by Gasteiger charge is -2.43. The monoisotopic (exact) mass is 532 g/mol. The summed E-state index contributed by atoms with van der Waals surface area (Å²) in [5.41, 5.74) is 3.02. The highest BCUT2D eigenvalue weighted by Crippen LogP contribution is 2.48. The van der Waals surface area contributed by atoms with Crippen LogP contribution in [0.15, 0.2) is 24.3 Å². The van der Waals surface area contributed by atoms with Gasteiger partial charge >= 0.3 is 6.01 Å². The van der Waals surface area contributed by atoms with Gasteiger partial charge in [0.2, 0.25) is 5.88 Å². The molecule has 5 aliphatic rings. The highest BCUT2D eigenvalue weighted by Gasteiger charge is 2.50. The third-order valence-corrected chi connectivity index (χ3v) is 9.66. The Hall–Kier alpha value is -2.96. The Balaban J connectivity index is 1.23. The van der Waals surface area contributed by atoms with Crippen LogP contribution in [0.1, 0.15) is 61.6 Å². The standard InChI is InChI=1S/C30H37FN6O2/c31-22-17-29(10-4-15-37(29)18-22)20-38-28-34-26(36-16-14-33-23(19-36)9-13-32)24-8-12-30(39-27(24)35-28)11-3-6-21-5-1-2-7-25(21)30/h1-2,5,7,22-23,33H,3-4,6,8-12,14-20H2/t22-,23+,29+,30?/m1/s1. The minimum atomic E-state index is -0.804. The van der Waals surface area contributed by atoms with E-state index in [9.17, 15) is 9.65 Å². The maximum atomic E-state index is 14.4. The number of anilines is 1. The molecule has 3 fully saturated rings. The number of halogens is 1. The molecular weight excluding hydrogens is 495 g/mol. The van der Waals surface area contributed by atoms with Gasteiger partial charge in [0.15, 0.2) is 0 Å². The summed E-state index contributed by atoms with van der Waals surface area (Å²) in [5.74, 6) is 1.47. The normalized spacial score (nSPS) is 31.7. The molecule has 1 unspecified atom stereocenters. The summed E-state index contributed by atoms with van der Waals surface area (Å²) in [6.45, 7) is 4.08. The molecule has 0 saturated carbocycles. The average Bonchev–Trinajstić information content (AvgIpc) is 3.48. The molecule has 0 amide bonds. The Morgan fingerprint density at radius 2 is 2.05 bits per heavy atom. The number of hydrogen-bond acceptors (Lipinski definition) is 8. The van der Waals surface area contributed by atoms with Crippen molar-refractivity contribution in [3.05, 3.63) is 41.0 Å². The number of alkyl halides is 1. The third kappa shape index (κ3) is 4.42. The molecule has 9 heteroatoms. The van der Waals surface area contributed by atoms with Crippen molar-refractivity contribution in [2.75, 3.05) is 44.2 Å². The van der Waals surface area contributed by atoms with Gasteiger partial charge in [0.1, 0.15) is 24.2 Å². The van der Waals surface area contributed by atoms with Crippen LogP contribution in [0, 0.1) is 11.3 Å². The van der Waals surface area contributed by atoms with E-state index in [4.69, 9.17) is 19.4 Å². The largest absolute Gasteiger partial charge is 0.466 e. The van der Waals surface area contributed by atoms with Crippen LogP contribution >= 0.6 is 0 Å². The van der Waals surface area contributed by atoms with Gasteiger partial charge in [0, 0.05) is 38.6 Å². The smallest absolute Gasteiger partial charge is 0.321 e. The second-order valence-electron chi connectivity index (χ2n) is 12.0. The predicted molar refractivity (Wildman–Crippen MR) is 145 cm³/mol. The number of rotatable bonds is 5. The number of aromatic nitrogens is 2. The van der Waals surface area contributed by atoms with Crippen LogP contribution in [-0.4, -0.2) is 72.0 Å². The summed E-state index contributed by atoms with van der Waals surface area (Å²) in [4.78, 5) is 14.4. The van der Waals surface area contributed by atoms with Gasteiger partial charge in [-0.25, -0.2) is 4.39 Å². The number of nitrogens with zero attached hydrogens (tertiary/aromatic N) is 5. The van der Waals surface area contributed by atoms with Crippen molar-refractivity contribution in [3.63, 3.8) is 0 Å². The first-order chi connectivity index (χ1) is 19.1. The first-order valence-electron chi connectivity index (χ1n) is 14.6. The van der Waals surface area contributed by atoms with Crippen molar-refractivity contribution in [2.45, 2.75) is 81.1 Å². The van der Waals surface area contributed by atoms with Gasteiger partial charge in [0.05, 0.1) is 23.6 Å². The SMILES string of the molecule is N#CC[C@H]1CN(c2nc(OC[C@@]34CCCN3C[C@H](F)C4)nc3c2CCC2(CCCc4ccccc42)O3)CCN1. The van der Waals surface area contributed by atoms with E-state index in [1.54, 1.807) is 0 Å². The van der Waals surface area contributed by atoms with E-state index < -0.39 is 6.17 Å². The molecule has 5 heterocycles. The van der Waals surface area contributed by atoms with Crippen molar-refractivity contribution in [3.8, 4) is 18.0 Å². The summed E-state index contributed by atoms with van der Waals surface area (Å²) in [5, 5.41) is 12.7. The maximum Gasteiger partial charge on any atom is 0.321 e. The number of fused-ring (bicyclic) bond motifs is 4. The molecule has 1 aromatic carbocycles. The van der Waals surface area contributed by atoms with Crippen LogP contribution in [0.2, 0.25) is 0 Å². The Labute approximate surface area is 229 Å². The summed E-state index contributed by atoms with van der Waals surface area (Å²) in [7, 11) is 0. The summed E-state index contributed by atoms with van der Waals surface area (Å²) in [6.07, 6.45) is 7.00. The third-order valence-electron chi connectivity index (χ3n) is 9.66. The fourth-order valence-electron chi connectivity index (χ4n) is 7.79. The lowest BCUT2D eigenvalue weighted by Crippen LogP contribution is -2.51. The molecule has 1 spiro atoms. The van der Waals surface area contributed by atoms with Crippen molar-refractivity contribution in [1.82, 2.24) is 20.2 Å². The molecule has 4 atom stereocenters. The Morgan fingerprint density at radius 3 is 2.97 bits per heavy atom. The molecule has 1 N–H and O–H groups in total. The quantitative estimate of drug-likeness (QED) is 0.624. The van der Waals surface area contributed by atoms with Crippen LogP contribution in [0.5, 0.6) is 11.9 Å². The first kappa shape index (κ1) is 25.0. The Kier molecular flexibility index (Phi) is 6.36. The van der Waals surface area contributed by atoms with Crippen molar-refractivity contribution >= 4 is 5.82 Å². The Morgan fingerprint density at radius 1 is 1.13 bits per heavy atom. The fraction of sp³-hybridized carbons (Fsp3) is 0.633. The molecule has 1 aliphatic carbocycles. The number of ether oxygens (including phenoxy) is 2. The Bertz CT molecular complexity index is 1280. The molecule has 0 bridgehead atoms. The molecule has 2 aromatic rings. The van der Waals surface area contributed by atoms with Gasteiger partial charge in [-0.3, -0.25) is 4.90 Å². The zero-order valence-electron chi connectivity index (χ0n) is 22.5. The van der Waals surface area contributed by atoms with E-state index in [0.29, 0.717) is 44.4 Å². The van der Waals surface area contributed by atoms with Gasteiger partial charge in [-0.15, -0.1) is 0 Å². The van der Waals surface area contributed by atoms with E-state index in [1.165, 1.54) is 11.1 Å². The zero-order chi connectivity index (χ0) is 26.5. The molecule has 0 radical (unpaired) electrons. The molecule has 4 aliphatic heterocycles. The van der Waals surface area contributed by atoms with E-state index in [0.717, 1.165) is 76.0 Å². The van der Waals surface area contributed by atoms with E-state index >= 15 is 0 Å². The van der Waals surface area contributed by atoms with Crippen molar-refractivity contribution < 1.29 is 13.9 Å². The van der Waals surface area contributed by atoms with Crippen molar-refractivity contribution in [1.29, 1.82) is 5.26 Å². The lowest BCUT2D eigenvalue weighted by atomic mass is 9.75. The van der Waals surface area contributed by atoms with E-state index in [1.807, 2.05) is 0 Å². The van der Waals surface area contributed by atoms with Crippen LogP contribution in [0.3, 0.4) is 0 Å². The van der Waals surface area contributed by atoms with E-state index in [2.05, 4.69) is 45.5 Å². The topological polar surface area (TPSA) is 86.5 Å². The second-order valence-corrected chi connectivity index (χ2v) is 12.0. The first-order valence-corrected chi connectivity index (χ1v) is 14.6. The zero-order valence-corrected chi connectivity index (χ0v) is 22.5. The minimum absolute atomic E-state index is 0.0886. The van der Waals surface area contributed by atoms with Crippen LogP contribution in [0.4, 0.5) is 10.2 Å². The van der Waals surface area contributed by atoms with Gasteiger partial charge in [-0.05, 0) is 62.6 Å².